The van der Waals surface area contributed by atoms with Gasteiger partial charge in [0.25, 0.3) is 0 Å². The Kier molecular flexibility index (Phi) is 7.50. The van der Waals surface area contributed by atoms with Crippen molar-refractivity contribution in [2.24, 2.45) is 5.92 Å². The molecule has 122 valence electrons. The van der Waals surface area contributed by atoms with Gasteiger partial charge in [0.2, 0.25) is 0 Å². The van der Waals surface area contributed by atoms with Crippen LogP contribution in [0.3, 0.4) is 0 Å². The lowest BCUT2D eigenvalue weighted by Gasteiger charge is -2.28. The number of carboxylic acids is 1. The van der Waals surface area contributed by atoms with Gasteiger partial charge < -0.3 is 20.6 Å². The lowest BCUT2D eigenvalue weighted by atomic mass is 9.86. The van der Waals surface area contributed by atoms with E-state index in [-0.39, 0.29) is 18.0 Å². The lowest BCUT2D eigenvalue weighted by Crippen LogP contribution is -2.46. The number of urea groups is 1. The molecule has 1 rings (SSSR count). The zero-order valence-electron chi connectivity index (χ0n) is 13.4. The smallest absolute Gasteiger partial charge is 0.315 e. The molecule has 21 heavy (non-hydrogen) atoms. The quantitative estimate of drug-likeness (QED) is 0.668. The van der Waals surface area contributed by atoms with Crippen molar-refractivity contribution in [1.82, 2.24) is 15.5 Å². The third kappa shape index (κ3) is 6.33. The van der Waals surface area contributed by atoms with Gasteiger partial charge in [-0.15, -0.1) is 0 Å². The van der Waals surface area contributed by atoms with Gasteiger partial charge in [0.05, 0.1) is 5.92 Å². The number of aliphatic carboxylic acids is 1. The molecule has 0 heterocycles. The molecule has 1 aliphatic carbocycles. The van der Waals surface area contributed by atoms with E-state index in [2.05, 4.69) is 29.4 Å². The Morgan fingerprint density at radius 1 is 1.38 bits per heavy atom. The van der Waals surface area contributed by atoms with Crippen molar-refractivity contribution in [3.05, 3.63) is 0 Å². The van der Waals surface area contributed by atoms with Crippen LogP contribution in [0.2, 0.25) is 0 Å². The van der Waals surface area contributed by atoms with Gasteiger partial charge in [-0.3, -0.25) is 4.79 Å². The molecule has 6 nitrogen and oxygen atoms in total. The van der Waals surface area contributed by atoms with E-state index in [0.717, 1.165) is 32.2 Å². The lowest BCUT2D eigenvalue weighted by molar-refractivity contribution is -0.143. The number of likely N-dealkylation sites (N-methyl/N-ethyl adjacent to an activating group) is 1. The van der Waals surface area contributed by atoms with Crippen molar-refractivity contribution >= 4 is 12.0 Å². The molecule has 0 saturated heterocycles. The number of amides is 2. The monoisotopic (exact) mass is 299 g/mol. The average Bonchev–Trinajstić information content (AvgIpc) is 2.46. The maximum Gasteiger partial charge on any atom is 0.315 e. The van der Waals surface area contributed by atoms with Gasteiger partial charge in [-0.1, -0.05) is 13.3 Å². The maximum atomic E-state index is 11.8. The molecule has 0 aromatic heterocycles. The van der Waals surface area contributed by atoms with E-state index in [9.17, 15) is 9.59 Å². The van der Waals surface area contributed by atoms with Gasteiger partial charge in [0.1, 0.15) is 0 Å². The van der Waals surface area contributed by atoms with Crippen LogP contribution in [0.15, 0.2) is 0 Å². The van der Waals surface area contributed by atoms with Crippen molar-refractivity contribution in [3.8, 4) is 0 Å². The van der Waals surface area contributed by atoms with Gasteiger partial charge in [-0.2, -0.15) is 0 Å². The molecule has 1 aliphatic rings. The Labute approximate surface area is 127 Å². The summed E-state index contributed by atoms with van der Waals surface area (Å²) >= 11 is 0. The third-order valence-electron chi connectivity index (χ3n) is 4.45. The Morgan fingerprint density at radius 3 is 2.71 bits per heavy atom. The number of carbonyl (C=O) groups is 2. The van der Waals surface area contributed by atoms with E-state index in [1.54, 1.807) is 0 Å². The maximum absolute atomic E-state index is 11.8. The van der Waals surface area contributed by atoms with Crippen LogP contribution >= 0.6 is 0 Å². The molecule has 3 atom stereocenters. The molecule has 0 aliphatic heterocycles. The van der Waals surface area contributed by atoms with E-state index < -0.39 is 5.97 Å². The third-order valence-corrected chi connectivity index (χ3v) is 4.45. The SMILES string of the molecule is CCC(C)N(C)CCNC(=O)NC1CCCC(C(=O)O)C1. The topological polar surface area (TPSA) is 81.7 Å². The molecule has 1 fully saturated rings. The number of carboxylic acid groups (broad SMARTS) is 1. The second-order valence-corrected chi connectivity index (χ2v) is 6.04. The minimum atomic E-state index is -0.753. The molecular formula is C15H29N3O3. The number of nitrogens with zero attached hydrogens (tertiary/aromatic N) is 1. The van der Waals surface area contributed by atoms with Crippen molar-refractivity contribution in [3.63, 3.8) is 0 Å². The predicted molar refractivity (Wildman–Crippen MR) is 82.3 cm³/mol. The van der Waals surface area contributed by atoms with E-state index in [1.807, 2.05) is 7.05 Å². The molecule has 6 heteroatoms. The number of nitrogens with one attached hydrogen (secondary N) is 2. The van der Waals surface area contributed by atoms with Crippen LogP contribution in [-0.4, -0.2) is 54.2 Å². The van der Waals surface area contributed by atoms with Crippen molar-refractivity contribution in [2.75, 3.05) is 20.1 Å². The molecule has 3 N–H and O–H groups in total. The highest BCUT2D eigenvalue weighted by molar-refractivity contribution is 5.74. The fraction of sp³-hybridized carbons (Fsp3) is 0.867. The Bertz CT molecular complexity index is 349. The Hall–Kier alpha value is -1.30. The summed E-state index contributed by atoms with van der Waals surface area (Å²) in [5.74, 6) is -1.07. The standard InChI is InChI=1S/C15H29N3O3/c1-4-11(2)18(3)9-8-16-15(21)17-13-7-5-6-12(10-13)14(19)20/h11-13H,4-10H2,1-3H3,(H,19,20)(H2,16,17,21). The molecule has 1 saturated carbocycles. The summed E-state index contributed by atoms with van der Waals surface area (Å²) in [6.45, 7) is 5.71. The molecule has 0 aromatic rings. The molecule has 0 aromatic carbocycles. The molecule has 0 spiro atoms. The van der Waals surface area contributed by atoms with Gasteiger partial charge >= 0.3 is 12.0 Å². The van der Waals surface area contributed by atoms with E-state index in [0.29, 0.717) is 19.0 Å². The molecular weight excluding hydrogens is 270 g/mol. The number of rotatable bonds is 7. The largest absolute Gasteiger partial charge is 0.481 e. The summed E-state index contributed by atoms with van der Waals surface area (Å²) in [7, 11) is 2.05. The van der Waals surface area contributed by atoms with Gasteiger partial charge in [-0.05, 0) is 39.7 Å². The van der Waals surface area contributed by atoms with E-state index in [1.165, 1.54) is 0 Å². The Morgan fingerprint density at radius 2 is 2.10 bits per heavy atom. The predicted octanol–water partition coefficient (Wildman–Crippen LogP) is 1.66. The summed E-state index contributed by atoms with van der Waals surface area (Å²) in [6.07, 6.45) is 4.06. The highest BCUT2D eigenvalue weighted by Crippen LogP contribution is 2.24. The van der Waals surface area contributed by atoms with Crippen molar-refractivity contribution in [2.45, 2.75) is 58.0 Å². The zero-order valence-corrected chi connectivity index (χ0v) is 13.4. The van der Waals surface area contributed by atoms with Gasteiger partial charge in [0, 0.05) is 25.2 Å². The first-order valence-corrected chi connectivity index (χ1v) is 7.91. The summed E-state index contributed by atoms with van der Waals surface area (Å²) in [5.41, 5.74) is 0. The molecule has 3 unspecified atom stereocenters. The van der Waals surface area contributed by atoms with Crippen LogP contribution in [-0.2, 0) is 4.79 Å². The molecule has 0 bridgehead atoms. The van der Waals surface area contributed by atoms with Crippen LogP contribution in [0, 0.1) is 5.92 Å². The number of carbonyl (C=O) groups excluding carboxylic acids is 1. The fourth-order valence-corrected chi connectivity index (χ4v) is 2.66. The summed E-state index contributed by atoms with van der Waals surface area (Å²) < 4.78 is 0. The first-order chi connectivity index (χ1) is 9.93. The van der Waals surface area contributed by atoms with Crippen LogP contribution < -0.4 is 10.6 Å². The first-order valence-electron chi connectivity index (χ1n) is 7.91. The fourth-order valence-electron chi connectivity index (χ4n) is 2.66. The van der Waals surface area contributed by atoms with E-state index >= 15 is 0 Å². The summed E-state index contributed by atoms with van der Waals surface area (Å²) in [4.78, 5) is 25.0. The van der Waals surface area contributed by atoms with Crippen LogP contribution in [0.4, 0.5) is 4.79 Å². The van der Waals surface area contributed by atoms with Crippen LogP contribution in [0.1, 0.15) is 46.0 Å². The minimum absolute atomic E-state index is 0.0212. The average molecular weight is 299 g/mol. The van der Waals surface area contributed by atoms with E-state index in [4.69, 9.17) is 5.11 Å². The number of hydrogen-bond donors (Lipinski definition) is 3. The minimum Gasteiger partial charge on any atom is -0.481 e. The molecule has 2 amide bonds. The van der Waals surface area contributed by atoms with Gasteiger partial charge in [-0.25, -0.2) is 4.79 Å². The van der Waals surface area contributed by atoms with Crippen molar-refractivity contribution < 1.29 is 14.7 Å². The summed E-state index contributed by atoms with van der Waals surface area (Å²) in [5, 5.41) is 14.8. The highest BCUT2D eigenvalue weighted by Gasteiger charge is 2.27. The first kappa shape index (κ1) is 17.8. The zero-order chi connectivity index (χ0) is 15.8. The van der Waals surface area contributed by atoms with Crippen LogP contribution in [0.25, 0.3) is 0 Å². The van der Waals surface area contributed by atoms with Gasteiger partial charge in [0.15, 0.2) is 0 Å². The second-order valence-electron chi connectivity index (χ2n) is 6.04. The van der Waals surface area contributed by atoms with Crippen molar-refractivity contribution in [1.29, 1.82) is 0 Å². The normalized spacial score (nSPS) is 23.6. The Balaban J connectivity index is 2.23. The highest BCUT2D eigenvalue weighted by atomic mass is 16.4. The summed E-state index contributed by atoms with van der Waals surface area (Å²) in [6, 6.07) is 0.292. The van der Waals surface area contributed by atoms with Crippen LogP contribution in [0.5, 0.6) is 0 Å². The molecule has 0 radical (unpaired) electrons. The number of hydrogen-bond acceptors (Lipinski definition) is 3. The second kappa shape index (κ2) is 8.87.